The van der Waals surface area contributed by atoms with E-state index in [0.717, 1.165) is 0 Å². The number of ether oxygens (including phenoxy) is 2. The normalized spacial score (nSPS) is 13.4. The first-order valence-corrected chi connectivity index (χ1v) is 7.01. The highest BCUT2D eigenvalue weighted by Gasteiger charge is 2.44. The lowest BCUT2D eigenvalue weighted by Crippen LogP contribution is -2.36. The lowest BCUT2D eigenvalue weighted by atomic mass is 9.67. The van der Waals surface area contributed by atoms with Crippen molar-refractivity contribution in [2.45, 2.75) is 40.5 Å². The number of carbonyl (C=O) groups excluding carboxylic acids is 2. The third kappa shape index (κ3) is 5.07. The SMILES string of the molecule is CCOC(=O)CC(C)C(C#N)(C#N)C(C)CC(=O)OCC. The van der Waals surface area contributed by atoms with Crippen molar-refractivity contribution in [1.82, 2.24) is 0 Å². The Morgan fingerprint density at radius 1 is 0.952 bits per heavy atom. The molecule has 116 valence electrons. The maximum atomic E-state index is 11.5. The summed E-state index contributed by atoms with van der Waals surface area (Å²) >= 11 is 0. The Morgan fingerprint density at radius 3 is 1.52 bits per heavy atom. The van der Waals surface area contributed by atoms with Crippen LogP contribution in [-0.2, 0) is 19.1 Å². The van der Waals surface area contributed by atoms with Crippen molar-refractivity contribution in [1.29, 1.82) is 10.5 Å². The van der Waals surface area contributed by atoms with E-state index < -0.39 is 29.2 Å². The highest BCUT2D eigenvalue weighted by Crippen LogP contribution is 2.39. The van der Waals surface area contributed by atoms with E-state index in [-0.39, 0.29) is 26.1 Å². The number of carbonyl (C=O) groups is 2. The Hall–Kier alpha value is -2.08. The van der Waals surface area contributed by atoms with Crippen LogP contribution in [-0.4, -0.2) is 25.2 Å². The molecule has 2 atom stereocenters. The fourth-order valence-corrected chi connectivity index (χ4v) is 2.21. The second-order valence-corrected chi connectivity index (χ2v) is 4.91. The molecule has 0 amide bonds. The average molecular weight is 294 g/mol. The second-order valence-electron chi connectivity index (χ2n) is 4.91. The Bertz CT molecular complexity index is 406. The first-order valence-electron chi connectivity index (χ1n) is 7.01. The Balaban J connectivity index is 5.07. The Morgan fingerprint density at radius 2 is 1.29 bits per heavy atom. The summed E-state index contributed by atoms with van der Waals surface area (Å²) in [7, 11) is 0. The molecule has 0 aromatic rings. The Kier molecular flexibility index (Phi) is 8.08. The highest BCUT2D eigenvalue weighted by atomic mass is 16.5. The number of nitriles is 2. The molecule has 6 nitrogen and oxygen atoms in total. The highest BCUT2D eigenvalue weighted by molar-refractivity contribution is 5.71. The molecular formula is C15H22N2O4. The summed E-state index contributed by atoms with van der Waals surface area (Å²) in [6.07, 6.45) is -0.0791. The first-order chi connectivity index (χ1) is 9.87. The number of hydrogen-bond donors (Lipinski definition) is 0. The van der Waals surface area contributed by atoms with Crippen LogP contribution in [0, 0.1) is 39.9 Å². The van der Waals surface area contributed by atoms with E-state index in [4.69, 9.17) is 9.47 Å². The van der Waals surface area contributed by atoms with Crippen LogP contribution in [0.5, 0.6) is 0 Å². The van der Waals surface area contributed by atoms with Gasteiger partial charge < -0.3 is 9.47 Å². The number of nitrogens with zero attached hydrogens (tertiary/aromatic N) is 2. The molecule has 0 aromatic heterocycles. The molecule has 0 heterocycles. The number of rotatable bonds is 8. The third-order valence-corrected chi connectivity index (χ3v) is 3.48. The van der Waals surface area contributed by atoms with Gasteiger partial charge in [-0.05, 0) is 25.7 Å². The standard InChI is InChI=1S/C15H22N2O4/c1-5-20-13(18)7-11(3)15(9-16,10-17)12(4)8-14(19)21-6-2/h11-12H,5-8H2,1-4H3. The number of esters is 2. The van der Waals surface area contributed by atoms with Crippen LogP contribution in [0.1, 0.15) is 40.5 Å². The van der Waals surface area contributed by atoms with E-state index in [1.807, 2.05) is 12.1 Å². The van der Waals surface area contributed by atoms with Crippen molar-refractivity contribution >= 4 is 11.9 Å². The van der Waals surface area contributed by atoms with Crippen molar-refractivity contribution in [3.05, 3.63) is 0 Å². The van der Waals surface area contributed by atoms with Gasteiger partial charge in [0.25, 0.3) is 0 Å². The minimum absolute atomic E-state index is 0.0396. The molecule has 0 rings (SSSR count). The zero-order chi connectivity index (χ0) is 16.5. The molecule has 6 heteroatoms. The predicted molar refractivity (Wildman–Crippen MR) is 74.5 cm³/mol. The lowest BCUT2D eigenvalue weighted by molar-refractivity contribution is -0.145. The smallest absolute Gasteiger partial charge is 0.306 e. The maximum absolute atomic E-state index is 11.5. The van der Waals surface area contributed by atoms with Gasteiger partial charge in [-0.2, -0.15) is 10.5 Å². The molecule has 0 saturated carbocycles. The van der Waals surface area contributed by atoms with Gasteiger partial charge in [-0.15, -0.1) is 0 Å². The van der Waals surface area contributed by atoms with E-state index in [1.165, 1.54) is 0 Å². The molecule has 0 aliphatic heterocycles. The topological polar surface area (TPSA) is 100 Å². The van der Waals surface area contributed by atoms with Crippen LogP contribution >= 0.6 is 0 Å². The minimum atomic E-state index is -1.43. The van der Waals surface area contributed by atoms with Gasteiger partial charge in [0.15, 0.2) is 0 Å². The molecule has 0 saturated heterocycles. The predicted octanol–water partition coefficient (Wildman–Crippen LogP) is 2.20. The van der Waals surface area contributed by atoms with Gasteiger partial charge in [0.05, 0.1) is 38.2 Å². The maximum Gasteiger partial charge on any atom is 0.306 e. The summed E-state index contributed by atoms with van der Waals surface area (Å²) < 4.78 is 9.69. The van der Waals surface area contributed by atoms with Gasteiger partial charge in [0.2, 0.25) is 0 Å². The Labute approximate surface area is 125 Å². The summed E-state index contributed by atoms with van der Waals surface area (Å²) in [5.74, 6) is -2.00. The van der Waals surface area contributed by atoms with E-state index >= 15 is 0 Å². The third-order valence-electron chi connectivity index (χ3n) is 3.48. The van der Waals surface area contributed by atoms with Crippen molar-refractivity contribution in [3.63, 3.8) is 0 Å². The van der Waals surface area contributed by atoms with E-state index in [9.17, 15) is 20.1 Å². The molecule has 2 unspecified atom stereocenters. The zero-order valence-corrected chi connectivity index (χ0v) is 13.0. The van der Waals surface area contributed by atoms with Gasteiger partial charge in [0.1, 0.15) is 5.41 Å². The van der Waals surface area contributed by atoms with Crippen LogP contribution < -0.4 is 0 Å². The summed E-state index contributed by atoms with van der Waals surface area (Å²) in [5.41, 5.74) is -1.43. The molecule has 0 aliphatic carbocycles. The van der Waals surface area contributed by atoms with Crippen LogP contribution in [0.2, 0.25) is 0 Å². The molecule has 0 bridgehead atoms. The van der Waals surface area contributed by atoms with Gasteiger partial charge in [-0.25, -0.2) is 0 Å². The molecule has 0 radical (unpaired) electrons. The summed E-state index contributed by atoms with van der Waals surface area (Å²) in [4.78, 5) is 23.1. The fourth-order valence-electron chi connectivity index (χ4n) is 2.21. The zero-order valence-electron chi connectivity index (χ0n) is 13.0. The summed E-state index contributed by atoms with van der Waals surface area (Å²) in [5, 5.41) is 18.9. The molecule has 0 aromatic carbocycles. The van der Waals surface area contributed by atoms with Crippen LogP contribution in [0.15, 0.2) is 0 Å². The molecule has 0 fully saturated rings. The number of hydrogen-bond acceptors (Lipinski definition) is 6. The minimum Gasteiger partial charge on any atom is -0.466 e. The van der Waals surface area contributed by atoms with Crippen LogP contribution in [0.25, 0.3) is 0 Å². The van der Waals surface area contributed by atoms with Gasteiger partial charge in [0, 0.05) is 0 Å². The van der Waals surface area contributed by atoms with Crippen molar-refractivity contribution in [3.8, 4) is 12.1 Å². The largest absolute Gasteiger partial charge is 0.466 e. The molecule has 21 heavy (non-hydrogen) atoms. The molecule has 0 aliphatic rings. The first kappa shape index (κ1) is 18.9. The second kappa shape index (κ2) is 8.97. The monoisotopic (exact) mass is 294 g/mol. The van der Waals surface area contributed by atoms with Gasteiger partial charge >= 0.3 is 11.9 Å². The molecular weight excluding hydrogens is 272 g/mol. The fraction of sp³-hybridized carbons (Fsp3) is 0.733. The van der Waals surface area contributed by atoms with Crippen molar-refractivity contribution in [2.75, 3.05) is 13.2 Å². The van der Waals surface area contributed by atoms with Crippen LogP contribution in [0.4, 0.5) is 0 Å². The molecule has 0 N–H and O–H groups in total. The van der Waals surface area contributed by atoms with E-state index in [1.54, 1.807) is 27.7 Å². The van der Waals surface area contributed by atoms with Crippen LogP contribution in [0.3, 0.4) is 0 Å². The van der Waals surface area contributed by atoms with Gasteiger partial charge in [-0.3, -0.25) is 9.59 Å². The molecule has 0 spiro atoms. The van der Waals surface area contributed by atoms with Gasteiger partial charge in [-0.1, -0.05) is 13.8 Å². The van der Waals surface area contributed by atoms with E-state index in [2.05, 4.69) is 0 Å². The average Bonchev–Trinajstić information content (AvgIpc) is 2.41. The van der Waals surface area contributed by atoms with Crippen molar-refractivity contribution in [2.24, 2.45) is 17.3 Å². The van der Waals surface area contributed by atoms with E-state index in [0.29, 0.717) is 0 Å². The lowest BCUT2D eigenvalue weighted by Gasteiger charge is -2.30. The van der Waals surface area contributed by atoms with Crippen molar-refractivity contribution < 1.29 is 19.1 Å². The quantitative estimate of drug-likeness (QED) is 0.636. The summed E-state index contributed by atoms with van der Waals surface area (Å²) in [6, 6.07) is 3.97. The summed E-state index contributed by atoms with van der Waals surface area (Å²) in [6.45, 7) is 7.16.